The van der Waals surface area contributed by atoms with Gasteiger partial charge < -0.3 is 19.9 Å². The van der Waals surface area contributed by atoms with Crippen molar-refractivity contribution in [3.63, 3.8) is 0 Å². The Morgan fingerprint density at radius 3 is 2.41 bits per heavy atom. The van der Waals surface area contributed by atoms with Gasteiger partial charge in [0.1, 0.15) is 24.0 Å². The molecule has 0 amide bonds. The Bertz CT molecular complexity index is 646. The second kappa shape index (κ2) is 7.87. The van der Waals surface area contributed by atoms with Crippen molar-refractivity contribution in [1.29, 1.82) is 0 Å². The van der Waals surface area contributed by atoms with Gasteiger partial charge in [-0.05, 0) is 36.4 Å². The van der Waals surface area contributed by atoms with Crippen LogP contribution in [0.2, 0.25) is 5.02 Å². The van der Waals surface area contributed by atoms with Gasteiger partial charge in [0.05, 0.1) is 12.7 Å². The van der Waals surface area contributed by atoms with E-state index in [9.17, 15) is 0 Å². The molecule has 2 aromatic rings. The summed E-state index contributed by atoms with van der Waals surface area (Å²) >= 11 is 10.8. The Morgan fingerprint density at radius 2 is 1.77 bits per heavy atom. The summed E-state index contributed by atoms with van der Waals surface area (Å²) in [5.74, 6) is 1.83. The van der Waals surface area contributed by atoms with Gasteiger partial charge in [-0.3, -0.25) is 0 Å². The Kier molecular flexibility index (Phi) is 5.86. The van der Waals surface area contributed by atoms with Crippen molar-refractivity contribution in [3.8, 4) is 17.2 Å². The van der Waals surface area contributed by atoms with E-state index < -0.39 is 0 Å². The van der Waals surface area contributed by atoms with Crippen LogP contribution in [-0.2, 0) is 0 Å². The molecular formula is C16H16ClNO3S. The smallest absolute Gasteiger partial charge is 0.171 e. The molecule has 0 unspecified atom stereocenters. The van der Waals surface area contributed by atoms with Gasteiger partial charge in [0.25, 0.3) is 0 Å². The average Bonchev–Trinajstić information content (AvgIpc) is 2.53. The van der Waals surface area contributed by atoms with Crippen LogP contribution in [0.3, 0.4) is 0 Å². The molecule has 0 aliphatic rings. The average molecular weight is 338 g/mol. The number of benzene rings is 2. The van der Waals surface area contributed by atoms with Crippen LogP contribution in [0.1, 0.15) is 5.56 Å². The fourth-order valence-corrected chi connectivity index (χ4v) is 2.14. The molecule has 0 saturated carbocycles. The molecule has 0 atom stereocenters. The Balaban J connectivity index is 1.96. The molecule has 2 aromatic carbocycles. The van der Waals surface area contributed by atoms with Gasteiger partial charge in [0, 0.05) is 5.02 Å². The van der Waals surface area contributed by atoms with Crippen LogP contribution in [0, 0.1) is 0 Å². The fourth-order valence-electron chi connectivity index (χ4n) is 1.85. The topological polar surface area (TPSA) is 53.7 Å². The van der Waals surface area contributed by atoms with Crippen molar-refractivity contribution in [2.24, 2.45) is 5.73 Å². The minimum absolute atomic E-state index is 0.257. The van der Waals surface area contributed by atoms with Gasteiger partial charge in [-0.25, -0.2) is 0 Å². The molecule has 6 heteroatoms. The molecule has 0 aliphatic carbocycles. The highest BCUT2D eigenvalue weighted by Crippen LogP contribution is 2.31. The molecule has 0 aliphatic heterocycles. The van der Waals surface area contributed by atoms with E-state index in [1.807, 2.05) is 6.07 Å². The molecule has 0 spiro atoms. The first-order chi connectivity index (χ1) is 10.6. The molecule has 22 heavy (non-hydrogen) atoms. The van der Waals surface area contributed by atoms with Crippen LogP contribution in [-0.4, -0.2) is 25.3 Å². The lowest BCUT2D eigenvalue weighted by Gasteiger charge is -2.14. The summed E-state index contributed by atoms with van der Waals surface area (Å²) in [6.45, 7) is 0.703. The summed E-state index contributed by atoms with van der Waals surface area (Å²) in [6, 6.07) is 12.5. The molecule has 0 aromatic heterocycles. The van der Waals surface area contributed by atoms with E-state index in [0.717, 1.165) is 5.75 Å². The maximum absolute atomic E-state index is 5.82. The minimum Gasteiger partial charge on any atom is -0.493 e. The summed E-state index contributed by atoms with van der Waals surface area (Å²) < 4.78 is 16.6. The summed E-state index contributed by atoms with van der Waals surface area (Å²) in [5, 5.41) is 0.665. The van der Waals surface area contributed by atoms with Crippen LogP contribution < -0.4 is 19.9 Å². The lowest BCUT2D eigenvalue weighted by Crippen LogP contribution is -2.15. The van der Waals surface area contributed by atoms with Gasteiger partial charge in [0.2, 0.25) is 0 Å². The van der Waals surface area contributed by atoms with E-state index in [4.69, 9.17) is 43.8 Å². The maximum atomic E-state index is 5.82. The molecule has 116 valence electrons. The van der Waals surface area contributed by atoms with E-state index in [-0.39, 0.29) is 4.99 Å². The molecule has 2 rings (SSSR count). The highest BCUT2D eigenvalue weighted by Gasteiger charge is 2.12. The number of methoxy groups -OCH3 is 1. The zero-order valence-corrected chi connectivity index (χ0v) is 13.6. The predicted molar refractivity (Wildman–Crippen MR) is 91.3 cm³/mol. The monoisotopic (exact) mass is 337 g/mol. The number of para-hydroxylation sites is 1. The normalized spacial score (nSPS) is 10.1. The second-order valence-corrected chi connectivity index (χ2v) is 5.23. The fraction of sp³-hybridized carbons (Fsp3) is 0.188. The standard InChI is InChI=1S/C16H16ClNO3S/c1-19-14-4-2-3-13(16(18)22)15(14)21-10-9-20-12-7-5-11(17)6-8-12/h2-8H,9-10H2,1H3,(H2,18,22). The molecule has 4 nitrogen and oxygen atoms in total. The van der Waals surface area contributed by atoms with Crippen molar-refractivity contribution in [2.45, 2.75) is 0 Å². The van der Waals surface area contributed by atoms with E-state index >= 15 is 0 Å². The van der Waals surface area contributed by atoms with Crippen molar-refractivity contribution in [1.82, 2.24) is 0 Å². The lowest BCUT2D eigenvalue weighted by molar-refractivity contribution is 0.211. The quantitative estimate of drug-likeness (QED) is 0.619. The lowest BCUT2D eigenvalue weighted by atomic mass is 10.2. The zero-order chi connectivity index (χ0) is 15.9. The highest BCUT2D eigenvalue weighted by molar-refractivity contribution is 7.80. The third kappa shape index (κ3) is 4.26. The Labute approximate surface area is 139 Å². The van der Waals surface area contributed by atoms with Gasteiger partial charge in [-0.1, -0.05) is 29.9 Å². The number of rotatable bonds is 7. The number of thiocarbonyl (C=S) groups is 1. The SMILES string of the molecule is COc1cccc(C(N)=S)c1OCCOc1ccc(Cl)cc1. The second-order valence-electron chi connectivity index (χ2n) is 4.35. The molecule has 0 radical (unpaired) electrons. The molecule has 0 saturated heterocycles. The number of ether oxygens (including phenoxy) is 3. The summed E-state index contributed by atoms with van der Waals surface area (Å²) in [4.78, 5) is 0.257. The van der Waals surface area contributed by atoms with Gasteiger partial charge in [-0.15, -0.1) is 0 Å². The van der Waals surface area contributed by atoms with Crippen molar-refractivity contribution in [3.05, 3.63) is 53.1 Å². The van der Waals surface area contributed by atoms with E-state index in [1.54, 1.807) is 43.5 Å². The van der Waals surface area contributed by atoms with Gasteiger partial charge in [0.15, 0.2) is 11.5 Å². The van der Waals surface area contributed by atoms with E-state index in [1.165, 1.54) is 0 Å². The maximum Gasteiger partial charge on any atom is 0.171 e. The van der Waals surface area contributed by atoms with Crippen LogP contribution in [0.5, 0.6) is 17.2 Å². The van der Waals surface area contributed by atoms with Gasteiger partial charge in [-0.2, -0.15) is 0 Å². The zero-order valence-electron chi connectivity index (χ0n) is 12.0. The third-order valence-corrected chi connectivity index (χ3v) is 3.35. The van der Waals surface area contributed by atoms with Crippen LogP contribution in [0.4, 0.5) is 0 Å². The molecular weight excluding hydrogens is 322 g/mol. The summed E-state index contributed by atoms with van der Waals surface area (Å²) in [7, 11) is 1.57. The first-order valence-electron chi connectivity index (χ1n) is 6.60. The summed E-state index contributed by atoms with van der Waals surface area (Å²) in [5.41, 5.74) is 6.34. The summed E-state index contributed by atoms with van der Waals surface area (Å²) in [6.07, 6.45) is 0. The molecule has 0 bridgehead atoms. The van der Waals surface area contributed by atoms with E-state index in [2.05, 4.69) is 0 Å². The minimum atomic E-state index is 0.257. The van der Waals surface area contributed by atoms with Crippen molar-refractivity contribution in [2.75, 3.05) is 20.3 Å². The Morgan fingerprint density at radius 1 is 1.09 bits per heavy atom. The van der Waals surface area contributed by atoms with Crippen molar-refractivity contribution >= 4 is 28.8 Å². The van der Waals surface area contributed by atoms with E-state index in [0.29, 0.717) is 35.3 Å². The predicted octanol–water partition coefficient (Wildman–Crippen LogP) is 3.44. The first-order valence-corrected chi connectivity index (χ1v) is 7.38. The molecule has 0 fully saturated rings. The van der Waals surface area contributed by atoms with Crippen LogP contribution in [0.25, 0.3) is 0 Å². The molecule has 0 heterocycles. The number of halogens is 1. The van der Waals surface area contributed by atoms with Gasteiger partial charge >= 0.3 is 0 Å². The highest BCUT2D eigenvalue weighted by atomic mass is 35.5. The van der Waals surface area contributed by atoms with Crippen LogP contribution >= 0.6 is 23.8 Å². The largest absolute Gasteiger partial charge is 0.493 e. The number of nitrogens with two attached hydrogens (primary N) is 1. The molecule has 2 N–H and O–H groups in total. The number of hydrogen-bond donors (Lipinski definition) is 1. The van der Waals surface area contributed by atoms with Crippen LogP contribution in [0.15, 0.2) is 42.5 Å². The first kappa shape index (κ1) is 16.4. The Hall–Kier alpha value is -1.98. The third-order valence-electron chi connectivity index (χ3n) is 2.88. The van der Waals surface area contributed by atoms with Crippen molar-refractivity contribution < 1.29 is 14.2 Å². The number of hydrogen-bond acceptors (Lipinski definition) is 4.